The number of alkyl halides is 2. The second-order valence-electron chi connectivity index (χ2n) is 10.1. The van der Waals surface area contributed by atoms with Crippen molar-refractivity contribution in [1.82, 2.24) is 40.0 Å². The van der Waals surface area contributed by atoms with Gasteiger partial charge in [0.25, 0.3) is 5.92 Å². The highest BCUT2D eigenvalue weighted by atomic mass is 19.3. The van der Waals surface area contributed by atoms with Gasteiger partial charge in [0, 0.05) is 55.3 Å². The molecule has 1 aromatic carbocycles. The number of H-pyrrole nitrogens is 2. The number of aromatic nitrogens is 7. The SMILES string of the molecule is COc1cc(F)cc(-c2nccc3[nH]c(-c4n[nH]c5ccc(-c6cncc(CN7CCC(F)(F)C7)c6)nc45)nc23)c1. The molecule has 206 valence electrons. The van der Waals surface area contributed by atoms with Crippen molar-refractivity contribution in [2.24, 2.45) is 0 Å². The number of ether oxygens (including phenoxy) is 1. The van der Waals surface area contributed by atoms with Gasteiger partial charge in [0.05, 0.1) is 36.1 Å². The van der Waals surface area contributed by atoms with Crippen LogP contribution in [0.5, 0.6) is 5.75 Å². The van der Waals surface area contributed by atoms with E-state index >= 15 is 0 Å². The van der Waals surface area contributed by atoms with Crippen molar-refractivity contribution in [1.29, 1.82) is 0 Å². The Hall–Kier alpha value is -4.84. The first-order valence-corrected chi connectivity index (χ1v) is 12.9. The molecule has 1 saturated heterocycles. The van der Waals surface area contributed by atoms with Gasteiger partial charge in [-0.2, -0.15) is 5.10 Å². The lowest BCUT2D eigenvalue weighted by atomic mass is 10.1. The second kappa shape index (κ2) is 9.66. The number of nitrogens with one attached hydrogen (secondary N) is 2. The Morgan fingerprint density at radius 3 is 2.68 bits per heavy atom. The molecule has 0 unspecified atom stereocenters. The fraction of sp³-hybridized carbons (Fsp3) is 0.207. The maximum atomic E-state index is 14.2. The lowest BCUT2D eigenvalue weighted by Crippen LogP contribution is -2.24. The average molecular weight is 557 g/mol. The monoisotopic (exact) mass is 556 g/mol. The zero-order chi connectivity index (χ0) is 28.1. The Morgan fingerprint density at radius 2 is 1.85 bits per heavy atom. The van der Waals surface area contributed by atoms with E-state index in [1.807, 2.05) is 18.2 Å². The fourth-order valence-corrected chi connectivity index (χ4v) is 5.22. The normalized spacial score (nSPS) is 15.2. The van der Waals surface area contributed by atoms with Crippen LogP contribution in [0.1, 0.15) is 12.0 Å². The van der Waals surface area contributed by atoms with Crippen LogP contribution >= 0.6 is 0 Å². The third-order valence-electron chi connectivity index (χ3n) is 7.16. The standard InChI is InChI=1S/C29H23F3N8O/c1-41-20-10-17(9-19(30)11-20)24-25-22(4-6-34-24)36-28(37-25)27-26-23(38-39-27)3-2-21(35-26)18-8-16(12-33-13-18)14-40-7-5-29(31,32)15-40/h2-4,6,8-13H,5,7,14-15H2,1H3,(H,36,37)(H,38,39). The summed E-state index contributed by atoms with van der Waals surface area (Å²) >= 11 is 0. The topological polar surface area (TPSA) is 108 Å². The average Bonchev–Trinajstić information content (AvgIpc) is 3.68. The molecule has 41 heavy (non-hydrogen) atoms. The van der Waals surface area contributed by atoms with Gasteiger partial charge in [-0.3, -0.25) is 20.0 Å². The first-order valence-electron chi connectivity index (χ1n) is 12.9. The Labute approximate surface area is 231 Å². The highest BCUT2D eigenvalue weighted by Crippen LogP contribution is 2.33. The Bertz CT molecular complexity index is 1920. The minimum Gasteiger partial charge on any atom is -0.497 e. The number of fused-ring (bicyclic) bond motifs is 2. The first kappa shape index (κ1) is 25.1. The molecule has 9 nitrogen and oxygen atoms in total. The Kier molecular flexibility index (Phi) is 5.93. The number of pyridine rings is 3. The number of nitrogens with zero attached hydrogens (tertiary/aromatic N) is 6. The highest BCUT2D eigenvalue weighted by molar-refractivity contribution is 5.95. The third-order valence-corrected chi connectivity index (χ3v) is 7.16. The minimum atomic E-state index is -2.65. The van der Waals surface area contributed by atoms with Gasteiger partial charge in [-0.25, -0.2) is 23.1 Å². The van der Waals surface area contributed by atoms with E-state index < -0.39 is 11.7 Å². The molecule has 12 heteroatoms. The van der Waals surface area contributed by atoms with Gasteiger partial charge in [-0.1, -0.05) is 0 Å². The fourth-order valence-electron chi connectivity index (χ4n) is 5.22. The lowest BCUT2D eigenvalue weighted by molar-refractivity contribution is 0.0115. The molecule has 1 aliphatic rings. The molecule has 0 aliphatic carbocycles. The molecule has 6 aromatic rings. The summed E-state index contributed by atoms with van der Waals surface area (Å²) in [5.41, 5.74) is 6.33. The smallest absolute Gasteiger partial charge is 0.261 e. The molecule has 1 fully saturated rings. The number of imidazole rings is 1. The highest BCUT2D eigenvalue weighted by Gasteiger charge is 2.37. The summed E-state index contributed by atoms with van der Waals surface area (Å²) in [7, 11) is 1.48. The molecule has 0 bridgehead atoms. The maximum Gasteiger partial charge on any atom is 0.261 e. The molecule has 2 N–H and O–H groups in total. The number of methoxy groups -OCH3 is 1. The molecule has 0 spiro atoms. The summed E-state index contributed by atoms with van der Waals surface area (Å²) in [5.74, 6) is -2.25. The number of benzene rings is 1. The third kappa shape index (κ3) is 4.76. The molecule has 0 amide bonds. The van der Waals surface area contributed by atoms with E-state index in [0.29, 0.717) is 69.4 Å². The predicted octanol–water partition coefficient (Wildman–Crippen LogP) is 5.61. The molecule has 5 aromatic heterocycles. The van der Waals surface area contributed by atoms with Crippen LogP contribution in [0.4, 0.5) is 13.2 Å². The van der Waals surface area contributed by atoms with E-state index in [2.05, 4.69) is 25.1 Å². The quantitative estimate of drug-likeness (QED) is 0.274. The molecule has 0 saturated carbocycles. The molecular formula is C29H23F3N8O. The van der Waals surface area contributed by atoms with Crippen LogP contribution in [0.25, 0.3) is 56.1 Å². The van der Waals surface area contributed by atoms with Crippen LogP contribution in [0.3, 0.4) is 0 Å². The largest absolute Gasteiger partial charge is 0.497 e. The second-order valence-corrected chi connectivity index (χ2v) is 10.1. The van der Waals surface area contributed by atoms with Gasteiger partial charge < -0.3 is 9.72 Å². The van der Waals surface area contributed by atoms with Crippen molar-refractivity contribution >= 4 is 22.1 Å². The van der Waals surface area contributed by atoms with Crippen molar-refractivity contribution in [3.8, 4) is 39.8 Å². The molecule has 1 aliphatic heterocycles. The van der Waals surface area contributed by atoms with E-state index in [1.165, 1.54) is 19.2 Å². The van der Waals surface area contributed by atoms with E-state index in [9.17, 15) is 13.2 Å². The van der Waals surface area contributed by atoms with Gasteiger partial charge in [0.1, 0.15) is 22.6 Å². The number of hydrogen-bond donors (Lipinski definition) is 2. The van der Waals surface area contributed by atoms with Crippen molar-refractivity contribution in [2.75, 3.05) is 20.2 Å². The summed E-state index contributed by atoms with van der Waals surface area (Å²) in [5, 5.41) is 7.46. The van der Waals surface area contributed by atoms with Crippen LogP contribution in [-0.2, 0) is 6.54 Å². The van der Waals surface area contributed by atoms with Gasteiger partial charge in [0.15, 0.2) is 11.5 Å². The molecular weight excluding hydrogens is 533 g/mol. The number of likely N-dealkylation sites (tertiary alicyclic amines) is 1. The van der Waals surface area contributed by atoms with E-state index in [0.717, 1.165) is 11.1 Å². The zero-order valence-electron chi connectivity index (χ0n) is 21.8. The van der Waals surface area contributed by atoms with E-state index in [-0.39, 0.29) is 13.0 Å². The van der Waals surface area contributed by atoms with Crippen LogP contribution < -0.4 is 4.74 Å². The van der Waals surface area contributed by atoms with Crippen molar-refractivity contribution in [3.05, 3.63) is 72.4 Å². The van der Waals surface area contributed by atoms with E-state index in [4.69, 9.17) is 14.7 Å². The summed E-state index contributed by atoms with van der Waals surface area (Å²) in [6, 6.07) is 11.8. The van der Waals surface area contributed by atoms with Crippen molar-refractivity contribution in [3.63, 3.8) is 0 Å². The van der Waals surface area contributed by atoms with Gasteiger partial charge >= 0.3 is 0 Å². The minimum absolute atomic E-state index is 0.128. The number of rotatable bonds is 6. The van der Waals surface area contributed by atoms with Gasteiger partial charge in [-0.05, 0) is 42.0 Å². The molecule has 0 atom stereocenters. The van der Waals surface area contributed by atoms with Crippen LogP contribution in [0.15, 0.2) is 61.1 Å². The van der Waals surface area contributed by atoms with Crippen LogP contribution in [0, 0.1) is 5.82 Å². The van der Waals surface area contributed by atoms with Gasteiger partial charge in [-0.15, -0.1) is 0 Å². The van der Waals surface area contributed by atoms with E-state index in [1.54, 1.807) is 35.6 Å². The Balaban J connectivity index is 1.25. The lowest BCUT2D eigenvalue weighted by Gasteiger charge is -2.15. The number of aromatic amines is 2. The molecule has 0 radical (unpaired) electrons. The maximum absolute atomic E-state index is 14.2. The summed E-state index contributed by atoms with van der Waals surface area (Å²) in [6.07, 6.45) is 4.88. The first-order chi connectivity index (χ1) is 19.8. The van der Waals surface area contributed by atoms with Crippen LogP contribution in [-0.4, -0.2) is 66.1 Å². The summed E-state index contributed by atoms with van der Waals surface area (Å²) in [6.45, 7) is 0.491. The number of halogens is 3. The number of hydrogen-bond acceptors (Lipinski definition) is 7. The summed E-state index contributed by atoms with van der Waals surface area (Å²) < 4.78 is 46.8. The van der Waals surface area contributed by atoms with Crippen molar-refractivity contribution < 1.29 is 17.9 Å². The summed E-state index contributed by atoms with van der Waals surface area (Å²) in [4.78, 5) is 23.4. The van der Waals surface area contributed by atoms with Gasteiger partial charge in [0.2, 0.25) is 0 Å². The Morgan fingerprint density at radius 1 is 0.976 bits per heavy atom. The molecule has 7 rings (SSSR count). The van der Waals surface area contributed by atoms with Crippen molar-refractivity contribution in [2.45, 2.75) is 18.9 Å². The predicted molar refractivity (Wildman–Crippen MR) is 147 cm³/mol. The molecule has 6 heterocycles. The van der Waals surface area contributed by atoms with Crippen LogP contribution in [0.2, 0.25) is 0 Å². The zero-order valence-corrected chi connectivity index (χ0v) is 21.8.